The first kappa shape index (κ1) is 21.5. The molecule has 2 aromatic carbocycles. The molecule has 0 aliphatic carbocycles. The number of nitrogens with one attached hydrogen (secondary N) is 1. The van der Waals surface area contributed by atoms with Gasteiger partial charge in [0, 0.05) is 23.4 Å². The number of hydrogen-bond donors (Lipinski definition) is 1. The maximum Gasteiger partial charge on any atom is 0.265 e. The van der Waals surface area contributed by atoms with E-state index in [9.17, 15) is 4.79 Å². The molecule has 31 heavy (non-hydrogen) atoms. The molecule has 0 radical (unpaired) electrons. The molecule has 0 unspecified atom stereocenters. The Balaban J connectivity index is 1.39. The topological polar surface area (TPSA) is 63.7 Å². The van der Waals surface area contributed by atoms with Gasteiger partial charge in [-0.2, -0.15) is 0 Å². The van der Waals surface area contributed by atoms with Crippen LogP contribution in [-0.2, 0) is 4.79 Å². The van der Waals surface area contributed by atoms with Gasteiger partial charge in [0.1, 0.15) is 11.5 Å². The molecule has 9 heteroatoms. The highest BCUT2D eigenvalue weighted by atomic mass is 35.5. The lowest BCUT2D eigenvalue weighted by Crippen LogP contribution is -2.31. The van der Waals surface area contributed by atoms with Crippen LogP contribution in [0.3, 0.4) is 0 Å². The third-order valence-corrected chi connectivity index (χ3v) is 6.56. The van der Waals surface area contributed by atoms with E-state index in [1.165, 1.54) is 11.3 Å². The maximum absolute atomic E-state index is 12.7. The first-order valence-corrected chi connectivity index (χ1v) is 11.8. The molecule has 6 nitrogen and oxygen atoms in total. The Labute approximate surface area is 193 Å². The Hall–Kier alpha value is -2.68. The monoisotopic (exact) mass is 473 g/mol. The number of aromatic nitrogens is 1. The van der Waals surface area contributed by atoms with Gasteiger partial charge in [-0.25, -0.2) is 4.98 Å². The fraction of sp³-hybridized carbons (Fsp3) is 0.182. The summed E-state index contributed by atoms with van der Waals surface area (Å²) in [5.41, 5.74) is 1.73. The normalized spacial score (nSPS) is 14.6. The average Bonchev–Trinajstić information content (AvgIpc) is 3.43. The van der Waals surface area contributed by atoms with Crippen LogP contribution in [0.25, 0.3) is 6.08 Å². The van der Waals surface area contributed by atoms with E-state index in [0.29, 0.717) is 17.3 Å². The van der Waals surface area contributed by atoms with Crippen LogP contribution in [-0.4, -0.2) is 41.8 Å². The van der Waals surface area contributed by atoms with Crippen molar-refractivity contribution in [3.63, 3.8) is 0 Å². The molecule has 0 bridgehead atoms. The quantitative estimate of drug-likeness (QED) is 0.488. The molecule has 1 N–H and O–H groups in total. The molecule has 1 fully saturated rings. The van der Waals surface area contributed by atoms with Gasteiger partial charge in [0.05, 0.1) is 22.9 Å². The number of para-hydroxylation sites is 1. The highest BCUT2D eigenvalue weighted by Crippen LogP contribution is 2.32. The first-order valence-electron chi connectivity index (χ1n) is 9.51. The van der Waals surface area contributed by atoms with Gasteiger partial charge in [-0.3, -0.25) is 4.79 Å². The molecule has 1 saturated heterocycles. The summed E-state index contributed by atoms with van der Waals surface area (Å²) in [5, 5.41) is 7.37. The van der Waals surface area contributed by atoms with Crippen molar-refractivity contribution in [2.24, 2.45) is 0 Å². The zero-order valence-corrected chi connectivity index (χ0v) is 19.1. The van der Waals surface area contributed by atoms with Gasteiger partial charge in [-0.15, -0.1) is 23.1 Å². The van der Waals surface area contributed by atoms with Gasteiger partial charge in [0.25, 0.3) is 5.91 Å². The molecule has 160 valence electrons. The number of anilines is 2. The SMILES string of the molecule is COc1ccc(Nc2nc(/C=C3/SCCN3C(=O)COc3ccccc3Cl)cs2)cc1. The molecule has 4 rings (SSSR count). The molecular weight excluding hydrogens is 454 g/mol. The lowest BCUT2D eigenvalue weighted by Gasteiger charge is -2.17. The van der Waals surface area contributed by atoms with Gasteiger partial charge in [-0.05, 0) is 42.5 Å². The standard InChI is InChI=1S/C22H20ClN3O3S2/c1-28-17-8-6-15(7-9-17)24-22-25-16(14-31-22)12-21-26(10-11-30-21)20(27)13-29-19-5-3-2-4-18(19)23/h2-9,12,14H,10-11,13H2,1H3,(H,24,25)/b21-12+. The number of ether oxygens (including phenoxy) is 2. The Kier molecular flexibility index (Phi) is 7.01. The number of thiazole rings is 1. The summed E-state index contributed by atoms with van der Waals surface area (Å²) < 4.78 is 10.8. The average molecular weight is 474 g/mol. The van der Waals surface area contributed by atoms with E-state index < -0.39 is 0 Å². The van der Waals surface area contributed by atoms with Crippen molar-refractivity contribution in [2.75, 3.05) is 31.3 Å². The number of benzene rings is 2. The zero-order chi connectivity index (χ0) is 21.6. The molecule has 1 aliphatic heterocycles. The van der Waals surface area contributed by atoms with Gasteiger partial charge in [-0.1, -0.05) is 23.7 Å². The molecule has 1 aromatic heterocycles. The van der Waals surface area contributed by atoms with Crippen LogP contribution in [0.5, 0.6) is 11.5 Å². The number of carbonyl (C=O) groups is 1. The summed E-state index contributed by atoms with van der Waals surface area (Å²) in [6, 6.07) is 14.8. The minimum absolute atomic E-state index is 0.0665. The van der Waals surface area contributed by atoms with Crippen molar-refractivity contribution in [3.05, 3.63) is 69.7 Å². The maximum atomic E-state index is 12.7. The molecule has 1 amide bonds. The highest BCUT2D eigenvalue weighted by Gasteiger charge is 2.25. The Morgan fingerprint density at radius 2 is 2.06 bits per heavy atom. The summed E-state index contributed by atoms with van der Waals surface area (Å²) in [6.07, 6.45) is 1.93. The van der Waals surface area contributed by atoms with Crippen LogP contribution in [0.4, 0.5) is 10.8 Å². The molecule has 0 atom stereocenters. The van der Waals surface area contributed by atoms with E-state index in [2.05, 4.69) is 10.3 Å². The molecule has 0 saturated carbocycles. The van der Waals surface area contributed by atoms with Gasteiger partial charge < -0.3 is 19.7 Å². The summed E-state index contributed by atoms with van der Waals surface area (Å²) >= 11 is 9.23. The van der Waals surface area contributed by atoms with Gasteiger partial charge in [0.15, 0.2) is 11.7 Å². The molecule has 3 aromatic rings. The van der Waals surface area contributed by atoms with E-state index in [0.717, 1.165) is 33.0 Å². The lowest BCUT2D eigenvalue weighted by molar-refractivity contribution is -0.130. The van der Waals surface area contributed by atoms with Crippen molar-refractivity contribution in [2.45, 2.75) is 0 Å². The molecule has 0 spiro atoms. The lowest BCUT2D eigenvalue weighted by atomic mass is 10.3. The van der Waals surface area contributed by atoms with Crippen LogP contribution in [0.2, 0.25) is 5.02 Å². The Morgan fingerprint density at radius 3 is 2.84 bits per heavy atom. The van der Waals surface area contributed by atoms with E-state index in [4.69, 9.17) is 21.1 Å². The summed E-state index contributed by atoms with van der Waals surface area (Å²) in [5.74, 6) is 2.04. The van der Waals surface area contributed by atoms with Crippen LogP contribution in [0, 0.1) is 0 Å². The fourth-order valence-corrected chi connectivity index (χ4v) is 4.82. The van der Waals surface area contributed by atoms with Crippen LogP contribution < -0.4 is 14.8 Å². The smallest absolute Gasteiger partial charge is 0.265 e. The van der Waals surface area contributed by atoms with E-state index in [-0.39, 0.29) is 12.5 Å². The van der Waals surface area contributed by atoms with Crippen molar-refractivity contribution in [1.82, 2.24) is 9.88 Å². The number of nitrogens with zero attached hydrogens (tertiary/aromatic N) is 2. The number of carbonyl (C=O) groups excluding carboxylic acids is 1. The predicted octanol–water partition coefficient (Wildman–Crippen LogP) is 5.50. The van der Waals surface area contributed by atoms with Crippen LogP contribution in [0.15, 0.2) is 58.9 Å². The first-order chi connectivity index (χ1) is 15.1. The third kappa shape index (κ3) is 5.52. The van der Waals surface area contributed by atoms with Crippen LogP contribution >= 0.6 is 34.7 Å². The second kappa shape index (κ2) is 10.1. The summed E-state index contributed by atoms with van der Waals surface area (Å²) in [4.78, 5) is 19.0. The van der Waals surface area contributed by atoms with Crippen molar-refractivity contribution in [1.29, 1.82) is 0 Å². The summed E-state index contributed by atoms with van der Waals surface area (Å²) in [6.45, 7) is 0.575. The fourth-order valence-electron chi connectivity index (χ4n) is 2.91. The largest absolute Gasteiger partial charge is 0.497 e. The molecular formula is C22H20ClN3O3S2. The zero-order valence-electron chi connectivity index (χ0n) is 16.7. The number of methoxy groups -OCH3 is 1. The molecule has 2 heterocycles. The number of hydrogen-bond acceptors (Lipinski definition) is 7. The number of amides is 1. The highest BCUT2D eigenvalue weighted by molar-refractivity contribution is 8.03. The third-order valence-electron chi connectivity index (χ3n) is 4.45. The molecule has 1 aliphatic rings. The van der Waals surface area contributed by atoms with E-state index in [1.807, 2.05) is 47.9 Å². The summed E-state index contributed by atoms with van der Waals surface area (Å²) in [7, 11) is 1.64. The van der Waals surface area contributed by atoms with E-state index in [1.54, 1.807) is 35.9 Å². The minimum Gasteiger partial charge on any atom is -0.497 e. The van der Waals surface area contributed by atoms with E-state index >= 15 is 0 Å². The van der Waals surface area contributed by atoms with Gasteiger partial charge >= 0.3 is 0 Å². The van der Waals surface area contributed by atoms with Crippen molar-refractivity contribution < 1.29 is 14.3 Å². The van der Waals surface area contributed by atoms with Gasteiger partial charge in [0.2, 0.25) is 0 Å². The van der Waals surface area contributed by atoms with Crippen LogP contribution in [0.1, 0.15) is 5.69 Å². The minimum atomic E-state index is -0.108. The predicted molar refractivity (Wildman–Crippen MR) is 127 cm³/mol. The number of halogens is 1. The van der Waals surface area contributed by atoms with Crippen molar-refractivity contribution in [3.8, 4) is 11.5 Å². The number of thioether (sulfide) groups is 1. The number of rotatable bonds is 7. The Morgan fingerprint density at radius 1 is 1.26 bits per heavy atom. The second-order valence-electron chi connectivity index (χ2n) is 6.53. The van der Waals surface area contributed by atoms with Crippen molar-refractivity contribution >= 4 is 57.5 Å². The second-order valence-corrected chi connectivity index (χ2v) is 8.91. The Bertz CT molecular complexity index is 1090.